The Balaban J connectivity index is 1.30. The molecule has 0 aliphatic carbocycles. The Morgan fingerprint density at radius 2 is 1.35 bits per heavy atom. The number of rotatable bonds is 6. The quantitative estimate of drug-likeness (QED) is 0.167. The summed E-state index contributed by atoms with van der Waals surface area (Å²) in [6, 6.07) is 18.2. The predicted octanol–water partition coefficient (Wildman–Crippen LogP) is 8.89. The molecule has 0 saturated carbocycles. The average molecular weight is 615 g/mol. The van der Waals surface area contributed by atoms with Crippen LogP contribution in [-0.2, 0) is 12.4 Å². The Bertz CT molecular complexity index is 1850. The average Bonchev–Trinajstić information content (AvgIpc) is 3.35. The summed E-state index contributed by atoms with van der Waals surface area (Å²) < 4.78 is 78.8. The number of benzene rings is 4. The Morgan fingerprint density at radius 1 is 0.698 bits per heavy atom. The summed E-state index contributed by atoms with van der Waals surface area (Å²) in [5.74, 6) is -1.23. The number of alkyl halides is 6. The smallest absolute Gasteiger partial charge is 0.332 e. The molecular weight excluding hydrogens is 594 g/mol. The van der Waals surface area contributed by atoms with Gasteiger partial charge in [0, 0.05) is 28.2 Å². The van der Waals surface area contributed by atoms with E-state index in [2.05, 4.69) is 20.9 Å². The highest BCUT2D eigenvalue weighted by Crippen LogP contribution is 2.34. The molecule has 5 rings (SSSR count). The van der Waals surface area contributed by atoms with Gasteiger partial charge < -0.3 is 16.0 Å². The summed E-state index contributed by atoms with van der Waals surface area (Å²) in [7, 11) is 0. The Labute approximate surface area is 244 Å². The molecule has 0 radical (unpaired) electrons. The van der Waals surface area contributed by atoms with Gasteiger partial charge in [0.25, 0.3) is 11.8 Å². The van der Waals surface area contributed by atoms with Gasteiger partial charge in [-0.3, -0.25) is 9.59 Å². The number of carbonyl (C=O) groups is 2. The third kappa shape index (κ3) is 6.95. The van der Waals surface area contributed by atoms with Crippen molar-refractivity contribution in [2.45, 2.75) is 19.3 Å². The maximum atomic E-state index is 13.1. The molecule has 0 saturated heterocycles. The van der Waals surface area contributed by atoms with Crippen LogP contribution in [0.3, 0.4) is 0 Å². The van der Waals surface area contributed by atoms with E-state index in [0.717, 1.165) is 41.7 Å². The zero-order valence-electron chi connectivity index (χ0n) is 22.0. The van der Waals surface area contributed by atoms with Crippen molar-refractivity contribution in [2.24, 2.45) is 0 Å². The fraction of sp³-hybridized carbons (Fsp3) is 0.100. The van der Waals surface area contributed by atoms with Gasteiger partial charge in [-0.05, 0) is 79.2 Å². The highest BCUT2D eigenvalue weighted by atomic mass is 32.1. The number of amides is 2. The van der Waals surface area contributed by atoms with Crippen molar-refractivity contribution in [3.63, 3.8) is 0 Å². The molecule has 0 fully saturated rings. The van der Waals surface area contributed by atoms with E-state index >= 15 is 0 Å². The first kappa shape index (κ1) is 29.6. The molecule has 220 valence electrons. The maximum absolute atomic E-state index is 13.1. The van der Waals surface area contributed by atoms with Crippen LogP contribution in [0.4, 0.5) is 48.5 Å². The molecule has 0 bridgehead atoms. The lowest BCUT2D eigenvalue weighted by Crippen LogP contribution is -2.15. The number of nitrogens with one attached hydrogen (secondary N) is 3. The lowest BCUT2D eigenvalue weighted by Gasteiger charge is -2.13. The van der Waals surface area contributed by atoms with E-state index in [4.69, 9.17) is 0 Å². The first-order chi connectivity index (χ1) is 20.3. The van der Waals surface area contributed by atoms with Crippen LogP contribution in [-0.4, -0.2) is 16.8 Å². The van der Waals surface area contributed by atoms with Gasteiger partial charge in [-0.15, -0.1) is 0 Å². The highest BCUT2D eigenvalue weighted by molar-refractivity contribution is 7.22. The van der Waals surface area contributed by atoms with Crippen molar-refractivity contribution < 1.29 is 35.9 Å². The van der Waals surface area contributed by atoms with E-state index in [-0.39, 0.29) is 22.5 Å². The van der Waals surface area contributed by atoms with E-state index in [1.165, 1.54) is 24.3 Å². The fourth-order valence-electron chi connectivity index (χ4n) is 4.09. The number of thiazole rings is 1. The highest BCUT2D eigenvalue weighted by Gasteiger charge is 2.31. The van der Waals surface area contributed by atoms with Gasteiger partial charge in [0.1, 0.15) is 0 Å². The first-order valence-corrected chi connectivity index (χ1v) is 13.3. The van der Waals surface area contributed by atoms with Crippen LogP contribution in [0, 0.1) is 6.92 Å². The molecule has 0 atom stereocenters. The number of fused-ring (bicyclic) bond motifs is 1. The maximum Gasteiger partial charge on any atom is 0.416 e. The second-order valence-corrected chi connectivity index (χ2v) is 10.5. The van der Waals surface area contributed by atoms with Crippen molar-refractivity contribution in [3.8, 4) is 0 Å². The number of carbonyl (C=O) groups excluding carboxylic acids is 2. The minimum Gasteiger partial charge on any atom is -0.332 e. The molecule has 3 N–H and O–H groups in total. The number of anilines is 4. The lowest BCUT2D eigenvalue weighted by atomic mass is 10.1. The van der Waals surface area contributed by atoms with Crippen molar-refractivity contribution in [3.05, 3.63) is 113 Å². The molecule has 0 spiro atoms. The van der Waals surface area contributed by atoms with E-state index < -0.39 is 35.3 Å². The fourth-order valence-corrected chi connectivity index (χ4v) is 5.01. The molecule has 0 unspecified atom stereocenters. The zero-order valence-corrected chi connectivity index (χ0v) is 22.8. The summed E-state index contributed by atoms with van der Waals surface area (Å²) in [4.78, 5) is 30.1. The molecule has 5 aromatic rings. The molecule has 0 aliphatic heterocycles. The third-order valence-corrected chi connectivity index (χ3v) is 7.22. The number of halogens is 6. The standard InChI is InChI=1S/C30H20F6N4O2S/c1-16-8-10-22(37-26(41)17-4-2-5-19(12-17)29(31,32)33)15-24(16)39-27(42)18-9-11-23-25(13-18)43-28(40-23)38-21-7-3-6-20(14-21)30(34,35)36/h2-15H,1H3,(H,37,41)(H,38,40)(H,39,42). The van der Waals surface area contributed by atoms with Crippen LogP contribution < -0.4 is 16.0 Å². The molecule has 1 heterocycles. The van der Waals surface area contributed by atoms with Crippen molar-refractivity contribution in [2.75, 3.05) is 16.0 Å². The Kier molecular flexibility index (Phi) is 7.84. The Morgan fingerprint density at radius 3 is 2.07 bits per heavy atom. The normalized spacial score (nSPS) is 11.8. The van der Waals surface area contributed by atoms with E-state index in [9.17, 15) is 35.9 Å². The van der Waals surface area contributed by atoms with Gasteiger partial charge in [0.05, 0.1) is 21.3 Å². The number of hydrogen-bond donors (Lipinski definition) is 3. The Hall–Kier alpha value is -4.91. The van der Waals surface area contributed by atoms with Gasteiger partial charge in [-0.2, -0.15) is 26.3 Å². The summed E-state index contributed by atoms with van der Waals surface area (Å²) in [5, 5.41) is 8.51. The number of nitrogens with zero attached hydrogens (tertiary/aromatic N) is 1. The van der Waals surface area contributed by atoms with Crippen LogP contribution >= 0.6 is 11.3 Å². The predicted molar refractivity (Wildman–Crippen MR) is 153 cm³/mol. The molecule has 13 heteroatoms. The van der Waals surface area contributed by atoms with Crippen LogP contribution in [0.15, 0.2) is 84.9 Å². The van der Waals surface area contributed by atoms with Gasteiger partial charge in [0.2, 0.25) is 0 Å². The minimum atomic E-state index is -4.60. The van der Waals surface area contributed by atoms with Crippen LogP contribution in [0.1, 0.15) is 37.4 Å². The summed E-state index contributed by atoms with van der Waals surface area (Å²) in [6.45, 7) is 1.73. The van der Waals surface area contributed by atoms with Gasteiger partial charge in [-0.1, -0.05) is 29.5 Å². The summed E-state index contributed by atoms with van der Waals surface area (Å²) in [6.07, 6.45) is -9.08. The van der Waals surface area contributed by atoms with Crippen molar-refractivity contribution >= 4 is 55.6 Å². The van der Waals surface area contributed by atoms with Crippen LogP contribution in [0.2, 0.25) is 0 Å². The van der Waals surface area contributed by atoms with Crippen LogP contribution in [0.5, 0.6) is 0 Å². The molecule has 2 amide bonds. The number of aryl methyl sites for hydroxylation is 1. The molecule has 6 nitrogen and oxygen atoms in total. The largest absolute Gasteiger partial charge is 0.416 e. The van der Waals surface area contributed by atoms with Gasteiger partial charge >= 0.3 is 12.4 Å². The first-order valence-electron chi connectivity index (χ1n) is 12.5. The van der Waals surface area contributed by atoms with Crippen molar-refractivity contribution in [1.82, 2.24) is 4.98 Å². The SMILES string of the molecule is Cc1ccc(NC(=O)c2cccc(C(F)(F)F)c2)cc1NC(=O)c1ccc2nc(Nc3cccc(C(F)(F)F)c3)sc2c1. The topological polar surface area (TPSA) is 83.1 Å². The molecule has 43 heavy (non-hydrogen) atoms. The number of hydrogen-bond acceptors (Lipinski definition) is 5. The van der Waals surface area contributed by atoms with Gasteiger partial charge in [0.15, 0.2) is 5.13 Å². The van der Waals surface area contributed by atoms with E-state index in [1.54, 1.807) is 37.3 Å². The van der Waals surface area contributed by atoms with E-state index in [0.29, 0.717) is 26.6 Å². The molecular formula is C30H20F6N4O2S. The zero-order chi connectivity index (χ0) is 30.9. The second-order valence-electron chi connectivity index (χ2n) is 9.42. The lowest BCUT2D eigenvalue weighted by molar-refractivity contribution is -0.138. The van der Waals surface area contributed by atoms with E-state index in [1.807, 2.05) is 0 Å². The molecule has 4 aromatic carbocycles. The van der Waals surface area contributed by atoms with Crippen molar-refractivity contribution in [1.29, 1.82) is 0 Å². The molecule has 1 aromatic heterocycles. The monoisotopic (exact) mass is 614 g/mol. The number of aromatic nitrogens is 1. The second kappa shape index (κ2) is 11.4. The summed E-state index contributed by atoms with van der Waals surface area (Å²) in [5.41, 5.74) is 0.376. The summed E-state index contributed by atoms with van der Waals surface area (Å²) >= 11 is 1.15. The van der Waals surface area contributed by atoms with Crippen LogP contribution in [0.25, 0.3) is 10.2 Å². The molecule has 0 aliphatic rings. The van der Waals surface area contributed by atoms with Gasteiger partial charge in [-0.25, -0.2) is 4.98 Å². The third-order valence-electron chi connectivity index (χ3n) is 6.29. The minimum absolute atomic E-state index is 0.180.